The van der Waals surface area contributed by atoms with Crippen molar-refractivity contribution in [3.63, 3.8) is 0 Å². The fourth-order valence-electron chi connectivity index (χ4n) is 3.58. The van der Waals surface area contributed by atoms with Gasteiger partial charge in [-0.1, -0.05) is 18.2 Å². The zero-order chi connectivity index (χ0) is 16.0. The molecule has 2 aromatic rings. The van der Waals surface area contributed by atoms with E-state index in [-0.39, 0.29) is 17.7 Å². The number of aromatic nitrogens is 2. The number of rotatable bonds is 2. The van der Waals surface area contributed by atoms with Crippen molar-refractivity contribution in [3.8, 4) is 17.1 Å². The molecule has 0 radical (unpaired) electrons. The number of fused-ring (bicyclic) bond motifs is 1. The van der Waals surface area contributed by atoms with Gasteiger partial charge in [0.05, 0.1) is 7.11 Å². The maximum Gasteiger partial charge on any atom is 0.282 e. The van der Waals surface area contributed by atoms with Gasteiger partial charge >= 0.3 is 0 Å². The lowest BCUT2D eigenvalue weighted by Crippen LogP contribution is -2.36. The van der Waals surface area contributed by atoms with Gasteiger partial charge in [-0.15, -0.1) is 0 Å². The molecule has 2 heterocycles. The van der Waals surface area contributed by atoms with Crippen molar-refractivity contribution >= 4 is 6.02 Å². The van der Waals surface area contributed by atoms with Crippen LogP contribution in [0.1, 0.15) is 18.1 Å². The van der Waals surface area contributed by atoms with E-state index < -0.39 is 0 Å². The number of aliphatic imine (C=N–C) groups is 1. The fourth-order valence-corrected chi connectivity index (χ4v) is 3.58. The molecule has 0 unspecified atom stereocenters. The summed E-state index contributed by atoms with van der Waals surface area (Å²) in [6.45, 7) is 2.03. The number of amidine groups is 1. The average Bonchev–Trinajstić information content (AvgIpc) is 3.06. The minimum Gasteiger partial charge on any atom is -0.479 e. The summed E-state index contributed by atoms with van der Waals surface area (Å²) in [7, 11) is 1.61. The topological polar surface area (TPSA) is 82.6 Å². The first-order chi connectivity index (χ1) is 11.1. The third-order valence-corrected chi connectivity index (χ3v) is 4.75. The third kappa shape index (κ3) is 2.05. The van der Waals surface area contributed by atoms with Crippen molar-refractivity contribution in [2.45, 2.75) is 31.4 Å². The molecule has 2 N–H and O–H groups in total. The van der Waals surface area contributed by atoms with E-state index in [0.29, 0.717) is 5.88 Å². The molecule has 6 heteroatoms. The van der Waals surface area contributed by atoms with Crippen LogP contribution in [0.3, 0.4) is 0 Å². The molecule has 4 rings (SSSR count). The second kappa shape index (κ2) is 4.94. The molecule has 118 valence electrons. The van der Waals surface area contributed by atoms with Crippen molar-refractivity contribution in [3.05, 3.63) is 41.7 Å². The summed E-state index contributed by atoms with van der Waals surface area (Å²) < 4.78 is 11.0. The molecule has 1 aliphatic heterocycles. The van der Waals surface area contributed by atoms with Crippen LogP contribution >= 0.6 is 0 Å². The van der Waals surface area contributed by atoms with Gasteiger partial charge in [0, 0.05) is 30.8 Å². The first-order valence-corrected chi connectivity index (χ1v) is 7.61. The zero-order valence-electron chi connectivity index (χ0n) is 13.1. The summed E-state index contributed by atoms with van der Waals surface area (Å²) in [6.07, 6.45) is 4.87. The van der Waals surface area contributed by atoms with Gasteiger partial charge in [0.1, 0.15) is 17.3 Å². The van der Waals surface area contributed by atoms with Crippen LogP contribution in [0.5, 0.6) is 5.88 Å². The Morgan fingerprint density at radius 2 is 2.09 bits per heavy atom. The lowest BCUT2D eigenvalue weighted by molar-refractivity contribution is 0.157. The Labute approximate surface area is 134 Å². The van der Waals surface area contributed by atoms with Crippen LogP contribution in [-0.2, 0) is 17.6 Å². The second-order valence-corrected chi connectivity index (χ2v) is 6.02. The van der Waals surface area contributed by atoms with Crippen LogP contribution in [0.2, 0.25) is 0 Å². The quantitative estimate of drug-likeness (QED) is 0.913. The summed E-state index contributed by atoms with van der Waals surface area (Å²) in [5, 5.41) is 0. The van der Waals surface area contributed by atoms with Gasteiger partial charge in [-0.2, -0.15) is 0 Å². The molecule has 0 bridgehead atoms. The Bertz CT molecular complexity index is 805. The average molecular weight is 310 g/mol. The normalized spacial score (nSPS) is 25.1. The molecule has 1 aromatic carbocycles. The molecule has 0 saturated heterocycles. The zero-order valence-corrected chi connectivity index (χ0v) is 13.1. The number of ether oxygens (including phenoxy) is 2. The molecular weight excluding hydrogens is 292 g/mol. The minimum atomic E-state index is -0.308. The molecule has 0 fully saturated rings. The van der Waals surface area contributed by atoms with E-state index >= 15 is 0 Å². The summed E-state index contributed by atoms with van der Waals surface area (Å²) in [5.74, 6) is 0.528. The first-order valence-electron chi connectivity index (χ1n) is 7.61. The molecule has 2 atom stereocenters. The highest BCUT2D eigenvalue weighted by Gasteiger charge is 2.48. The Kier molecular flexibility index (Phi) is 3.01. The van der Waals surface area contributed by atoms with Crippen LogP contribution in [0.25, 0.3) is 11.3 Å². The van der Waals surface area contributed by atoms with E-state index in [9.17, 15) is 0 Å². The number of hydrogen-bond acceptors (Lipinski definition) is 6. The number of hydrogen-bond donors (Lipinski definition) is 1. The smallest absolute Gasteiger partial charge is 0.282 e. The van der Waals surface area contributed by atoms with Crippen molar-refractivity contribution in [2.24, 2.45) is 10.7 Å². The number of nitrogens with two attached hydrogens (primary N) is 1. The summed E-state index contributed by atoms with van der Waals surface area (Å²) >= 11 is 0. The standard InChI is InChI=1S/C17H18N4O2/c1-10-17(21-16(18)23-10)8-11-4-3-5-12(13(11)9-17)14-15(22-2)20-7-6-19-14/h3-7,10H,8-9H2,1-2H3,(H2,18,21)/t10-,17-/m1/s1. The summed E-state index contributed by atoms with van der Waals surface area (Å²) in [4.78, 5) is 13.3. The van der Waals surface area contributed by atoms with Gasteiger partial charge in [-0.3, -0.25) is 0 Å². The van der Waals surface area contributed by atoms with Crippen molar-refractivity contribution in [2.75, 3.05) is 7.11 Å². The van der Waals surface area contributed by atoms with Crippen molar-refractivity contribution < 1.29 is 9.47 Å². The predicted molar refractivity (Wildman–Crippen MR) is 86.3 cm³/mol. The monoisotopic (exact) mass is 310 g/mol. The highest BCUT2D eigenvalue weighted by atomic mass is 16.5. The lowest BCUT2D eigenvalue weighted by atomic mass is 9.90. The molecule has 1 spiro atoms. The first kappa shape index (κ1) is 14.0. The van der Waals surface area contributed by atoms with E-state index in [0.717, 1.165) is 24.1 Å². The van der Waals surface area contributed by atoms with Crippen LogP contribution in [0.4, 0.5) is 0 Å². The largest absolute Gasteiger partial charge is 0.479 e. The molecular formula is C17H18N4O2. The Morgan fingerprint density at radius 3 is 2.83 bits per heavy atom. The number of methoxy groups -OCH3 is 1. The molecule has 2 aliphatic rings. The maximum absolute atomic E-state index is 5.79. The minimum absolute atomic E-state index is 0.0356. The molecule has 23 heavy (non-hydrogen) atoms. The SMILES string of the molecule is COc1nccnc1-c1cccc2c1C[C@@]1(C2)N=C(N)O[C@@H]1C. The van der Waals surface area contributed by atoms with E-state index in [2.05, 4.69) is 27.1 Å². The summed E-state index contributed by atoms with van der Waals surface area (Å²) in [5.41, 5.74) is 9.76. The fraction of sp³-hybridized carbons (Fsp3) is 0.353. The van der Waals surface area contributed by atoms with Crippen LogP contribution in [-0.4, -0.2) is 34.7 Å². The van der Waals surface area contributed by atoms with E-state index in [1.807, 2.05) is 13.0 Å². The van der Waals surface area contributed by atoms with Gasteiger partial charge in [-0.05, 0) is 18.1 Å². The van der Waals surface area contributed by atoms with Gasteiger partial charge in [0.15, 0.2) is 0 Å². The Morgan fingerprint density at radius 1 is 1.26 bits per heavy atom. The maximum atomic E-state index is 5.79. The second-order valence-electron chi connectivity index (χ2n) is 6.02. The van der Waals surface area contributed by atoms with Crippen molar-refractivity contribution in [1.82, 2.24) is 9.97 Å². The highest BCUT2D eigenvalue weighted by molar-refractivity contribution is 5.76. The van der Waals surface area contributed by atoms with E-state index in [4.69, 9.17) is 15.2 Å². The highest BCUT2D eigenvalue weighted by Crippen LogP contribution is 2.43. The lowest BCUT2D eigenvalue weighted by Gasteiger charge is -2.23. The molecule has 0 saturated carbocycles. The van der Waals surface area contributed by atoms with Gasteiger partial charge < -0.3 is 15.2 Å². The van der Waals surface area contributed by atoms with Gasteiger partial charge in [0.2, 0.25) is 5.88 Å². The van der Waals surface area contributed by atoms with E-state index in [1.165, 1.54) is 11.1 Å². The Hall–Kier alpha value is -2.63. The molecule has 0 amide bonds. The van der Waals surface area contributed by atoms with Gasteiger partial charge in [-0.25, -0.2) is 15.0 Å². The predicted octanol–water partition coefficient (Wildman–Crippen LogP) is 1.72. The number of nitrogens with zero attached hydrogens (tertiary/aromatic N) is 3. The Balaban J connectivity index is 1.83. The van der Waals surface area contributed by atoms with Crippen LogP contribution in [0.15, 0.2) is 35.6 Å². The van der Waals surface area contributed by atoms with Gasteiger partial charge in [0.25, 0.3) is 6.02 Å². The van der Waals surface area contributed by atoms with Crippen molar-refractivity contribution in [1.29, 1.82) is 0 Å². The van der Waals surface area contributed by atoms with Crippen LogP contribution < -0.4 is 10.5 Å². The molecule has 1 aromatic heterocycles. The third-order valence-electron chi connectivity index (χ3n) is 4.75. The van der Waals surface area contributed by atoms with Crippen LogP contribution in [0, 0.1) is 0 Å². The van der Waals surface area contributed by atoms with E-state index in [1.54, 1.807) is 19.5 Å². The summed E-state index contributed by atoms with van der Waals surface area (Å²) in [6, 6.07) is 6.50. The number of benzene rings is 1. The molecule has 1 aliphatic carbocycles. The molecule has 6 nitrogen and oxygen atoms in total.